The number of nitrogens with zero attached hydrogens (tertiary/aromatic N) is 1. The molecule has 0 aliphatic rings. The van der Waals surface area contributed by atoms with E-state index in [4.69, 9.17) is 0 Å². The minimum absolute atomic E-state index is 0.0282. The van der Waals surface area contributed by atoms with E-state index in [1.807, 2.05) is 32.9 Å². The van der Waals surface area contributed by atoms with E-state index in [1.54, 1.807) is 6.20 Å². The van der Waals surface area contributed by atoms with Crippen molar-refractivity contribution in [3.05, 3.63) is 29.6 Å². The van der Waals surface area contributed by atoms with Crippen molar-refractivity contribution in [1.29, 1.82) is 0 Å². The number of pyridine rings is 1. The van der Waals surface area contributed by atoms with Crippen LogP contribution in [0.3, 0.4) is 0 Å². The zero-order valence-electron chi connectivity index (χ0n) is 8.87. The predicted octanol–water partition coefficient (Wildman–Crippen LogP) is 1.66. The molecule has 0 atom stereocenters. The Balaban J connectivity index is 2.46. The van der Waals surface area contributed by atoms with Crippen LogP contribution < -0.4 is 5.32 Å². The molecule has 0 fully saturated rings. The number of carbonyl (C=O) groups excluding carboxylic acids is 1. The molecule has 0 saturated heterocycles. The maximum atomic E-state index is 11.2. The highest BCUT2D eigenvalue weighted by Gasteiger charge is 2.05. The summed E-state index contributed by atoms with van der Waals surface area (Å²) in [4.78, 5) is 15.4. The summed E-state index contributed by atoms with van der Waals surface area (Å²) in [5.74, 6) is 0.0906. The van der Waals surface area contributed by atoms with Crippen LogP contribution in [0.4, 0.5) is 0 Å². The summed E-state index contributed by atoms with van der Waals surface area (Å²) in [5.41, 5.74) is 2.02. The van der Waals surface area contributed by atoms with E-state index in [2.05, 4.69) is 10.3 Å². The molecule has 1 amide bonds. The summed E-state index contributed by atoms with van der Waals surface area (Å²) < 4.78 is 0. The Bertz CT molecular complexity index is 304. The monoisotopic (exact) mass is 192 g/mol. The van der Waals surface area contributed by atoms with Gasteiger partial charge >= 0.3 is 0 Å². The van der Waals surface area contributed by atoms with Crippen molar-refractivity contribution in [2.75, 3.05) is 0 Å². The third-order valence-electron chi connectivity index (χ3n) is 1.94. The molecule has 14 heavy (non-hydrogen) atoms. The van der Waals surface area contributed by atoms with Crippen LogP contribution in [0.25, 0.3) is 0 Å². The third-order valence-corrected chi connectivity index (χ3v) is 1.94. The lowest BCUT2D eigenvalue weighted by Gasteiger charge is -2.06. The quantitative estimate of drug-likeness (QED) is 0.791. The van der Waals surface area contributed by atoms with Gasteiger partial charge in [-0.1, -0.05) is 19.9 Å². The summed E-state index contributed by atoms with van der Waals surface area (Å²) in [6.07, 6.45) is 1.80. The van der Waals surface area contributed by atoms with Crippen molar-refractivity contribution in [2.24, 2.45) is 5.92 Å². The molecular weight excluding hydrogens is 176 g/mol. The minimum atomic E-state index is 0.0282. The van der Waals surface area contributed by atoms with Gasteiger partial charge in [-0.3, -0.25) is 9.78 Å². The number of nitrogens with one attached hydrogen (secondary N) is 1. The summed E-state index contributed by atoms with van der Waals surface area (Å²) in [7, 11) is 0. The maximum absolute atomic E-state index is 11.2. The fourth-order valence-electron chi connectivity index (χ4n) is 0.985. The van der Waals surface area contributed by atoms with Gasteiger partial charge in [-0.05, 0) is 18.6 Å². The van der Waals surface area contributed by atoms with E-state index in [0.29, 0.717) is 6.54 Å². The van der Waals surface area contributed by atoms with Gasteiger partial charge in [0.05, 0.1) is 12.2 Å². The predicted molar refractivity (Wildman–Crippen MR) is 55.7 cm³/mol. The van der Waals surface area contributed by atoms with Crippen LogP contribution in [-0.2, 0) is 11.3 Å². The van der Waals surface area contributed by atoms with Gasteiger partial charge in [-0.2, -0.15) is 0 Å². The average Bonchev–Trinajstić information content (AvgIpc) is 2.16. The Labute approximate surface area is 84.6 Å². The molecule has 0 unspecified atom stereocenters. The summed E-state index contributed by atoms with van der Waals surface area (Å²) >= 11 is 0. The minimum Gasteiger partial charge on any atom is -0.350 e. The number of rotatable bonds is 3. The molecule has 0 aliphatic heterocycles. The van der Waals surface area contributed by atoms with Crippen LogP contribution >= 0.6 is 0 Å². The first-order chi connectivity index (χ1) is 6.59. The van der Waals surface area contributed by atoms with Crippen molar-refractivity contribution in [1.82, 2.24) is 10.3 Å². The zero-order chi connectivity index (χ0) is 10.6. The lowest BCUT2D eigenvalue weighted by molar-refractivity contribution is -0.124. The topological polar surface area (TPSA) is 42.0 Å². The molecule has 0 radical (unpaired) electrons. The van der Waals surface area contributed by atoms with Crippen LogP contribution in [0.15, 0.2) is 18.3 Å². The first kappa shape index (κ1) is 10.7. The molecule has 0 spiro atoms. The molecule has 3 nitrogen and oxygen atoms in total. The van der Waals surface area contributed by atoms with Crippen LogP contribution in [0.2, 0.25) is 0 Å². The first-order valence-electron chi connectivity index (χ1n) is 4.79. The Morgan fingerprint density at radius 1 is 1.50 bits per heavy atom. The van der Waals surface area contributed by atoms with E-state index in [-0.39, 0.29) is 11.8 Å². The smallest absolute Gasteiger partial charge is 0.222 e. The molecular formula is C11H16N2O. The largest absolute Gasteiger partial charge is 0.350 e. The third kappa shape index (κ3) is 3.17. The van der Waals surface area contributed by atoms with Crippen molar-refractivity contribution in [2.45, 2.75) is 27.3 Å². The Morgan fingerprint density at radius 3 is 2.71 bits per heavy atom. The standard InChI is InChI=1S/C11H16N2O/c1-8(2)11(14)13-7-10-5-4-9(3)6-12-10/h4-6,8H,7H2,1-3H3,(H,13,14). The molecule has 0 aliphatic carbocycles. The van der Waals surface area contributed by atoms with Crippen molar-refractivity contribution in [3.63, 3.8) is 0 Å². The molecule has 1 heterocycles. The van der Waals surface area contributed by atoms with Gasteiger partial charge < -0.3 is 5.32 Å². The van der Waals surface area contributed by atoms with Gasteiger partial charge in [-0.25, -0.2) is 0 Å². The Kier molecular flexibility index (Phi) is 3.63. The van der Waals surface area contributed by atoms with Crippen LogP contribution in [0.5, 0.6) is 0 Å². The number of aromatic nitrogens is 1. The molecule has 3 heteroatoms. The van der Waals surface area contributed by atoms with Crippen LogP contribution in [-0.4, -0.2) is 10.9 Å². The number of hydrogen-bond donors (Lipinski definition) is 1. The summed E-state index contributed by atoms with van der Waals surface area (Å²) in [5, 5.41) is 2.82. The highest BCUT2D eigenvalue weighted by Crippen LogP contribution is 1.99. The van der Waals surface area contributed by atoms with E-state index >= 15 is 0 Å². The van der Waals surface area contributed by atoms with E-state index in [0.717, 1.165) is 11.3 Å². The summed E-state index contributed by atoms with van der Waals surface area (Å²) in [6.45, 7) is 6.25. The second kappa shape index (κ2) is 4.74. The normalized spacial score (nSPS) is 10.3. The maximum Gasteiger partial charge on any atom is 0.222 e. The van der Waals surface area contributed by atoms with Gasteiger partial charge in [0.25, 0.3) is 0 Å². The average molecular weight is 192 g/mol. The van der Waals surface area contributed by atoms with Crippen LogP contribution in [0, 0.1) is 12.8 Å². The fraction of sp³-hybridized carbons (Fsp3) is 0.455. The lowest BCUT2D eigenvalue weighted by Crippen LogP contribution is -2.27. The van der Waals surface area contributed by atoms with E-state index < -0.39 is 0 Å². The van der Waals surface area contributed by atoms with E-state index in [1.165, 1.54) is 0 Å². The van der Waals surface area contributed by atoms with Crippen LogP contribution in [0.1, 0.15) is 25.1 Å². The molecule has 1 aromatic heterocycles. The van der Waals surface area contributed by atoms with Gasteiger partial charge in [0.15, 0.2) is 0 Å². The van der Waals surface area contributed by atoms with Gasteiger partial charge in [0.1, 0.15) is 0 Å². The second-order valence-electron chi connectivity index (χ2n) is 3.70. The lowest BCUT2D eigenvalue weighted by atomic mass is 10.2. The molecule has 1 N–H and O–H groups in total. The Morgan fingerprint density at radius 2 is 2.21 bits per heavy atom. The molecule has 1 aromatic rings. The highest BCUT2D eigenvalue weighted by atomic mass is 16.1. The second-order valence-corrected chi connectivity index (χ2v) is 3.70. The van der Waals surface area contributed by atoms with Gasteiger partial charge in [0, 0.05) is 12.1 Å². The highest BCUT2D eigenvalue weighted by molar-refractivity contribution is 5.77. The zero-order valence-corrected chi connectivity index (χ0v) is 8.87. The number of hydrogen-bond acceptors (Lipinski definition) is 2. The molecule has 0 bridgehead atoms. The molecule has 0 aromatic carbocycles. The van der Waals surface area contributed by atoms with Gasteiger partial charge in [-0.15, -0.1) is 0 Å². The SMILES string of the molecule is Cc1ccc(CNC(=O)C(C)C)nc1. The Hall–Kier alpha value is -1.38. The van der Waals surface area contributed by atoms with Gasteiger partial charge in [0.2, 0.25) is 5.91 Å². The molecule has 1 rings (SSSR count). The number of amides is 1. The van der Waals surface area contributed by atoms with Crippen molar-refractivity contribution in [3.8, 4) is 0 Å². The molecule has 76 valence electrons. The van der Waals surface area contributed by atoms with E-state index in [9.17, 15) is 4.79 Å². The first-order valence-corrected chi connectivity index (χ1v) is 4.79. The molecule has 0 saturated carbocycles. The van der Waals surface area contributed by atoms with Crippen molar-refractivity contribution < 1.29 is 4.79 Å². The number of aryl methyl sites for hydroxylation is 1. The van der Waals surface area contributed by atoms with Crippen molar-refractivity contribution >= 4 is 5.91 Å². The number of carbonyl (C=O) groups is 1. The summed E-state index contributed by atoms with van der Waals surface area (Å²) in [6, 6.07) is 3.92. The fourth-order valence-corrected chi connectivity index (χ4v) is 0.985.